The topological polar surface area (TPSA) is 55.8 Å². The minimum atomic E-state index is -0.885. The van der Waals surface area contributed by atoms with Crippen LogP contribution in [-0.2, 0) is 11.3 Å². The van der Waals surface area contributed by atoms with Gasteiger partial charge in [0.1, 0.15) is 5.82 Å². The SMILES string of the molecule is CN(C)CCNCc1ccc(F)c(N(C)CCC(=O)O)c1. The molecule has 0 fully saturated rings. The van der Waals surface area contributed by atoms with Crippen LogP contribution < -0.4 is 10.2 Å². The first kappa shape index (κ1) is 17.4. The molecule has 118 valence electrons. The maximum Gasteiger partial charge on any atom is 0.305 e. The lowest BCUT2D eigenvalue weighted by Gasteiger charge is -2.20. The van der Waals surface area contributed by atoms with Crippen molar-refractivity contribution in [1.82, 2.24) is 10.2 Å². The molecule has 0 saturated carbocycles. The average Bonchev–Trinajstić information content (AvgIpc) is 2.42. The molecule has 0 aromatic heterocycles. The Hall–Kier alpha value is -1.66. The number of nitrogens with zero attached hydrogens (tertiary/aromatic N) is 2. The Bertz CT molecular complexity index is 466. The molecule has 0 heterocycles. The summed E-state index contributed by atoms with van der Waals surface area (Å²) in [7, 11) is 5.72. The van der Waals surface area contributed by atoms with Gasteiger partial charge in [-0.1, -0.05) is 6.07 Å². The fourth-order valence-electron chi connectivity index (χ4n) is 1.88. The molecule has 1 aromatic carbocycles. The van der Waals surface area contributed by atoms with Gasteiger partial charge in [-0.15, -0.1) is 0 Å². The molecule has 0 saturated heterocycles. The van der Waals surface area contributed by atoms with E-state index in [1.54, 1.807) is 24.1 Å². The molecule has 2 N–H and O–H groups in total. The highest BCUT2D eigenvalue weighted by atomic mass is 19.1. The van der Waals surface area contributed by atoms with E-state index in [1.165, 1.54) is 6.07 Å². The molecule has 0 spiro atoms. The second kappa shape index (κ2) is 8.59. The van der Waals surface area contributed by atoms with Crippen LogP contribution in [-0.4, -0.2) is 56.8 Å². The third-order valence-corrected chi connectivity index (χ3v) is 3.15. The molecule has 0 atom stereocenters. The van der Waals surface area contributed by atoms with Crippen LogP contribution in [0.15, 0.2) is 18.2 Å². The van der Waals surface area contributed by atoms with Crippen LogP contribution in [0.5, 0.6) is 0 Å². The normalized spacial score (nSPS) is 10.9. The highest BCUT2D eigenvalue weighted by Gasteiger charge is 2.10. The molecular weight excluding hydrogens is 273 g/mol. The predicted octanol–water partition coefficient (Wildman–Crippen LogP) is 1.39. The van der Waals surface area contributed by atoms with E-state index < -0.39 is 5.97 Å². The molecule has 0 aliphatic carbocycles. The number of anilines is 1. The number of benzene rings is 1. The largest absolute Gasteiger partial charge is 0.481 e. The fourth-order valence-corrected chi connectivity index (χ4v) is 1.88. The second-order valence-electron chi connectivity index (χ2n) is 5.33. The molecular formula is C15H24FN3O2. The summed E-state index contributed by atoms with van der Waals surface area (Å²) < 4.78 is 13.8. The number of carboxylic acids is 1. The van der Waals surface area contributed by atoms with Gasteiger partial charge in [0, 0.05) is 33.2 Å². The summed E-state index contributed by atoms with van der Waals surface area (Å²) in [4.78, 5) is 14.3. The molecule has 1 rings (SSSR count). The Kier molecular flexibility index (Phi) is 7.11. The molecule has 0 radical (unpaired) electrons. The molecule has 1 aromatic rings. The summed E-state index contributed by atoms with van der Waals surface area (Å²) in [5, 5.41) is 12.0. The van der Waals surface area contributed by atoms with Crippen molar-refractivity contribution in [3.05, 3.63) is 29.6 Å². The molecule has 6 heteroatoms. The van der Waals surface area contributed by atoms with E-state index in [0.717, 1.165) is 18.7 Å². The first-order valence-corrected chi connectivity index (χ1v) is 6.97. The van der Waals surface area contributed by atoms with Crippen LogP contribution in [0, 0.1) is 5.82 Å². The van der Waals surface area contributed by atoms with Gasteiger partial charge in [-0.3, -0.25) is 4.79 Å². The molecule has 5 nitrogen and oxygen atoms in total. The number of hydrogen-bond donors (Lipinski definition) is 2. The van der Waals surface area contributed by atoms with Gasteiger partial charge in [-0.2, -0.15) is 0 Å². The van der Waals surface area contributed by atoms with Crippen molar-refractivity contribution < 1.29 is 14.3 Å². The summed E-state index contributed by atoms with van der Waals surface area (Å²) in [6.45, 7) is 2.73. The zero-order valence-electron chi connectivity index (χ0n) is 12.9. The molecule has 0 aliphatic rings. The minimum Gasteiger partial charge on any atom is -0.481 e. The molecule has 21 heavy (non-hydrogen) atoms. The highest BCUT2D eigenvalue weighted by Crippen LogP contribution is 2.20. The smallest absolute Gasteiger partial charge is 0.305 e. The maximum absolute atomic E-state index is 13.8. The van der Waals surface area contributed by atoms with E-state index in [-0.39, 0.29) is 18.8 Å². The summed E-state index contributed by atoms with van der Waals surface area (Å²) in [6, 6.07) is 4.93. The lowest BCUT2D eigenvalue weighted by Crippen LogP contribution is -2.26. The summed E-state index contributed by atoms with van der Waals surface area (Å²) in [5.41, 5.74) is 1.41. The number of carbonyl (C=O) groups is 1. The van der Waals surface area contributed by atoms with Crippen LogP contribution in [0.25, 0.3) is 0 Å². The Morgan fingerprint density at radius 2 is 2.00 bits per heavy atom. The van der Waals surface area contributed by atoms with Crippen LogP contribution >= 0.6 is 0 Å². The number of likely N-dealkylation sites (N-methyl/N-ethyl adjacent to an activating group) is 1. The third kappa shape index (κ3) is 6.55. The number of hydrogen-bond acceptors (Lipinski definition) is 4. The van der Waals surface area contributed by atoms with Crippen molar-refractivity contribution >= 4 is 11.7 Å². The lowest BCUT2D eigenvalue weighted by atomic mass is 10.1. The lowest BCUT2D eigenvalue weighted by molar-refractivity contribution is -0.136. The first-order valence-electron chi connectivity index (χ1n) is 6.97. The predicted molar refractivity (Wildman–Crippen MR) is 82.2 cm³/mol. The van der Waals surface area contributed by atoms with Gasteiger partial charge in [0.05, 0.1) is 12.1 Å². The van der Waals surface area contributed by atoms with Gasteiger partial charge in [-0.05, 0) is 31.8 Å². The molecule has 0 unspecified atom stereocenters. The van der Waals surface area contributed by atoms with E-state index >= 15 is 0 Å². The van der Waals surface area contributed by atoms with Crippen molar-refractivity contribution in [2.45, 2.75) is 13.0 Å². The van der Waals surface area contributed by atoms with Crippen molar-refractivity contribution in [2.75, 3.05) is 45.7 Å². The minimum absolute atomic E-state index is 0.0126. The van der Waals surface area contributed by atoms with Crippen molar-refractivity contribution in [3.8, 4) is 0 Å². The summed E-state index contributed by atoms with van der Waals surface area (Å²) in [6.07, 6.45) is -0.0126. The average molecular weight is 297 g/mol. The molecule has 0 amide bonds. The Labute approximate surface area is 125 Å². The van der Waals surface area contributed by atoms with Crippen molar-refractivity contribution in [1.29, 1.82) is 0 Å². The van der Waals surface area contributed by atoms with Gasteiger partial charge in [0.25, 0.3) is 0 Å². The van der Waals surface area contributed by atoms with Crippen LogP contribution in [0.3, 0.4) is 0 Å². The van der Waals surface area contributed by atoms with Gasteiger partial charge in [0.15, 0.2) is 0 Å². The summed E-state index contributed by atoms with van der Waals surface area (Å²) >= 11 is 0. The standard InChI is InChI=1S/C15H24FN3O2/c1-18(2)9-7-17-11-12-4-5-13(16)14(10-12)19(3)8-6-15(20)21/h4-5,10,17H,6-9,11H2,1-3H3,(H,20,21). The number of halogens is 1. The van der Waals surface area contributed by atoms with Gasteiger partial charge in [-0.25, -0.2) is 4.39 Å². The number of rotatable bonds is 9. The van der Waals surface area contributed by atoms with E-state index in [2.05, 4.69) is 10.2 Å². The number of nitrogens with one attached hydrogen (secondary N) is 1. The van der Waals surface area contributed by atoms with Gasteiger partial charge < -0.3 is 20.2 Å². The highest BCUT2D eigenvalue weighted by molar-refractivity contribution is 5.67. The Morgan fingerprint density at radius 3 is 2.62 bits per heavy atom. The number of carboxylic acid groups (broad SMARTS) is 1. The zero-order chi connectivity index (χ0) is 15.8. The van der Waals surface area contributed by atoms with Gasteiger partial charge in [0.2, 0.25) is 0 Å². The molecule has 0 bridgehead atoms. The zero-order valence-corrected chi connectivity index (χ0v) is 12.9. The van der Waals surface area contributed by atoms with Crippen LogP contribution in [0.2, 0.25) is 0 Å². The van der Waals surface area contributed by atoms with E-state index in [9.17, 15) is 9.18 Å². The van der Waals surface area contributed by atoms with Crippen molar-refractivity contribution in [2.24, 2.45) is 0 Å². The van der Waals surface area contributed by atoms with E-state index in [0.29, 0.717) is 12.2 Å². The maximum atomic E-state index is 13.8. The van der Waals surface area contributed by atoms with Crippen LogP contribution in [0.4, 0.5) is 10.1 Å². The Balaban J connectivity index is 2.59. The fraction of sp³-hybridized carbons (Fsp3) is 0.533. The van der Waals surface area contributed by atoms with Crippen LogP contribution in [0.1, 0.15) is 12.0 Å². The molecule has 0 aliphatic heterocycles. The third-order valence-electron chi connectivity index (χ3n) is 3.15. The Morgan fingerprint density at radius 1 is 1.29 bits per heavy atom. The monoisotopic (exact) mass is 297 g/mol. The van der Waals surface area contributed by atoms with Crippen molar-refractivity contribution in [3.63, 3.8) is 0 Å². The first-order chi connectivity index (χ1) is 9.90. The van der Waals surface area contributed by atoms with Gasteiger partial charge >= 0.3 is 5.97 Å². The second-order valence-corrected chi connectivity index (χ2v) is 5.33. The van der Waals surface area contributed by atoms with E-state index in [4.69, 9.17) is 5.11 Å². The quantitative estimate of drug-likeness (QED) is 0.675. The number of aliphatic carboxylic acids is 1. The summed E-state index contributed by atoms with van der Waals surface area (Å²) in [5.74, 6) is -1.22. The van der Waals surface area contributed by atoms with E-state index in [1.807, 2.05) is 14.1 Å².